The van der Waals surface area contributed by atoms with E-state index in [9.17, 15) is 4.79 Å². The van der Waals surface area contributed by atoms with E-state index in [1.54, 1.807) is 5.56 Å². The quantitative estimate of drug-likeness (QED) is 0.822. The van der Waals surface area contributed by atoms with Crippen molar-refractivity contribution in [3.05, 3.63) is 71.3 Å². The molecule has 3 fully saturated rings. The van der Waals surface area contributed by atoms with Crippen LogP contribution in [-0.2, 0) is 11.8 Å². The Bertz CT molecular complexity index is 749. The van der Waals surface area contributed by atoms with Crippen LogP contribution in [0.25, 0.3) is 0 Å². The van der Waals surface area contributed by atoms with Crippen molar-refractivity contribution in [2.75, 3.05) is 33.2 Å². The van der Waals surface area contributed by atoms with E-state index in [0.717, 1.165) is 18.5 Å². The van der Waals surface area contributed by atoms with Gasteiger partial charge in [0.1, 0.15) is 0 Å². The minimum atomic E-state index is 0.104. The first-order valence-electron chi connectivity index (χ1n) is 9.79. The van der Waals surface area contributed by atoms with E-state index in [0.29, 0.717) is 5.41 Å². The van der Waals surface area contributed by atoms with E-state index in [-0.39, 0.29) is 5.91 Å². The van der Waals surface area contributed by atoms with Crippen LogP contribution in [0.15, 0.2) is 54.6 Å². The highest BCUT2D eigenvalue weighted by Crippen LogP contribution is 2.44. The fourth-order valence-corrected chi connectivity index (χ4v) is 4.68. The summed E-state index contributed by atoms with van der Waals surface area (Å²) in [6.45, 7) is 4.47. The van der Waals surface area contributed by atoms with Crippen LogP contribution in [0.3, 0.4) is 0 Å². The van der Waals surface area contributed by atoms with E-state index < -0.39 is 0 Å². The molecule has 0 aliphatic carbocycles. The van der Waals surface area contributed by atoms with Crippen LogP contribution in [0.2, 0.25) is 0 Å². The monoisotopic (exact) mass is 348 g/mol. The molecule has 0 aromatic heterocycles. The summed E-state index contributed by atoms with van der Waals surface area (Å²) >= 11 is 0. The van der Waals surface area contributed by atoms with Gasteiger partial charge in [-0.1, -0.05) is 42.5 Å². The minimum Gasteiger partial charge on any atom is -0.341 e. The van der Waals surface area contributed by atoms with Gasteiger partial charge >= 0.3 is 0 Å². The predicted molar refractivity (Wildman–Crippen MR) is 106 cm³/mol. The zero-order valence-corrected chi connectivity index (χ0v) is 15.7. The number of fused-ring (bicyclic) bond motifs is 3. The maximum Gasteiger partial charge on any atom is 0.253 e. The summed E-state index contributed by atoms with van der Waals surface area (Å²) in [5.41, 5.74) is 4.10. The molecule has 0 spiro atoms. The molecule has 3 nitrogen and oxygen atoms in total. The van der Waals surface area contributed by atoms with E-state index in [1.165, 1.54) is 44.5 Å². The number of hydrogen-bond acceptors (Lipinski definition) is 2. The summed E-state index contributed by atoms with van der Waals surface area (Å²) in [6.07, 6.45) is 4.77. The normalized spacial score (nSPS) is 24.4. The third kappa shape index (κ3) is 3.28. The SMILES string of the molecule is CN(CCc1ccccc1C12CCN(CC1)CC2)C(=O)c1ccccc1. The zero-order chi connectivity index (χ0) is 18.0. The Morgan fingerprint density at radius 1 is 0.962 bits per heavy atom. The summed E-state index contributed by atoms with van der Waals surface area (Å²) in [4.78, 5) is 17.0. The fraction of sp³-hybridized carbons (Fsp3) is 0.435. The predicted octanol–water partition coefficient (Wildman–Crippen LogP) is 3.74. The number of benzene rings is 2. The molecule has 3 heteroatoms. The van der Waals surface area contributed by atoms with E-state index >= 15 is 0 Å². The van der Waals surface area contributed by atoms with Gasteiger partial charge in [0.05, 0.1) is 0 Å². The van der Waals surface area contributed by atoms with Crippen LogP contribution >= 0.6 is 0 Å². The lowest BCUT2D eigenvalue weighted by Crippen LogP contribution is -2.50. The highest BCUT2D eigenvalue weighted by Gasteiger charge is 2.41. The number of carbonyl (C=O) groups is 1. The number of likely N-dealkylation sites (N-methyl/N-ethyl adjacent to an activating group) is 1. The standard InChI is InChI=1S/C23H28N2O/c1-24(22(26)20-8-3-2-4-9-20)15-11-19-7-5-6-10-21(19)23-12-16-25(17-13-23)18-14-23/h2-10H,11-18H2,1H3. The Kier molecular flexibility index (Phi) is 4.82. The number of amides is 1. The van der Waals surface area contributed by atoms with Crippen molar-refractivity contribution in [2.45, 2.75) is 31.1 Å². The first-order chi connectivity index (χ1) is 12.7. The van der Waals surface area contributed by atoms with Crippen LogP contribution in [0.4, 0.5) is 0 Å². The molecule has 3 heterocycles. The zero-order valence-electron chi connectivity index (χ0n) is 15.7. The second kappa shape index (κ2) is 7.24. The third-order valence-electron chi connectivity index (χ3n) is 6.39. The molecule has 0 saturated carbocycles. The molecule has 2 aromatic carbocycles. The second-order valence-corrected chi connectivity index (χ2v) is 7.87. The van der Waals surface area contributed by atoms with Crippen molar-refractivity contribution >= 4 is 5.91 Å². The van der Waals surface area contributed by atoms with Crippen molar-refractivity contribution in [1.29, 1.82) is 0 Å². The summed E-state index contributed by atoms with van der Waals surface area (Å²) in [6, 6.07) is 18.5. The summed E-state index contributed by atoms with van der Waals surface area (Å²) in [5, 5.41) is 0. The first kappa shape index (κ1) is 17.3. The molecule has 26 heavy (non-hydrogen) atoms. The van der Waals surface area contributed by atoms with Crippen LogP contribution in [0.5, 0.6) is 0 Å². The second-order valence-electron chi connectivity index (χ2n) is 7.87. The summed E-state index contributed by atoms with van der Waals surface area (Å²) in [5.74, 6) is 0.104. The first-order valence-corrected chi connectivity index (χ1v) is 9.79. The average molecular weight is 348 g/mol. The van der Waals surface area contributed by atoms with Crippen LogP contribution in [0.1, 0.15) is 40.7 Å². The third-order valence-corrected chi connectivity index (χ3v) is 6.39. The molecule has 2 bridgehead atoms. The van der Waals surface area contributed by atoms with Crippen LogP contribution in [-0.4, -0.2) is 48.9 Å². The highest BCUT2D eigenvalue weighted by atomic mass is 16.2. The van der Waals surface area contributed by atoms with Gasteiger partial charge in [-0.2, -0.15) is 0 Å². The molecular formula is C23H28N2O. The van der Waals surface area contributed by atoms with Crippen molar-refractivity contribution < 1.29 is 4.79 Å². The van der Waals surface area contributed by atoms with Gasteiger partial charge in [-0.05, 0) is 74.0 Å². The highest BCUT2D eigenvalue weighted by molar-refractivity contribution is 5.93. The van der Waals surface area contributed by atoms with Crippen LogP contribution in [0, 0.1) is 0 Å². The van der Waals surface area contributed by atoms with Crippen molar-refractivity contribution in [1.82, 2.24) is 9.80 Å². The molecule has 3 saturated heterocycles. The van der Waals surface area contributed by atoms with Gasteiger partial charge in [-0.15, -0.1) is 0 Å². The molecule has 3 aliphatic rings. The summed E-state index contributed by atoms with van der Waals surface area (Å²) < 4.78 is 0. The number of hydrogen-bond donors (Lipinski definition) is 0. The maximum absolute atomic E-state index is 12.6. The molecule has 0 radical (unpaired) electrons. The van der Waals surface area contributed by atoms with Crippen LogP contribution < -0.4 is 0 Å². The number of carbonyl (C=O) groups excluding carboxylic acids is 1. The van der Waals surface area contributed by atoms with Crippen molar-refractivity contribution in [3.8, 4) is 0 Å². The molecule has 5 rings (SSSR count). The lowest BCUT2D eigenvalue weighted by Gasteiger charge is -2.49. The van der Waals surface area contributed by atoms with Gasteiger partial charge in [0, 0.05) is 19.2 Å². The molecule has 0 N–H and O–H groups in total. The maximum atomic E-state index is 12.6. The van der Waals surface area contributed by atoms with Crippen molar-refractivity contribution in [3.63, 3.8) is 0 Å². The molecule has 1 amide bonds. The number of nitrogens with zero attached hydrogens (tertiary/aromatic N) is 2. The van der Waals surface area contributed by atoms with E-state index in [2.05, 4.69) is 29.2 Å². The largest absolute Gasteiger partial charge is 0.341 e. The van der Waals surface area contributed by atoms with Gasteiger partial charge in [0.15, 0.2) is 0 Å². The van der Waals surface area contributed by atoms with Gasteiger partial charge in [-0.3, -0.25) is 4.79 Å². The lowest BCUT2D eigenvalue weighted by molar-refractivity contribution is 0.0788. The molecule has 136 valence electrons. The fourth-order valence-electron chi connectivity index (χ4n) is 4.68. The topological polar surface area (TPSA) is 23.6 Å². The summed E-state index contributed by atoms with van der Waals surface area (Å²) in [7, 11) is 1.91. The molecule has 0 atom stereocenters. The minimum absolute atomic E-state index is 0.104. The Morgan fingerprint density at radius 3 is 2.27 bits per heavy atom. The molecule has 2 aromatic rings. The molecular weight excluding hydrogens is 320 g/mol. The van der Waals surface area contributed by atoms with Gasteiger partial charge in [0.25, 0.3) is 5.91 Å². The smallest absolute Gasteiger partial charge is 0.253 e. The van der Waals surface area contributed by atoms with E-state index in [1.807, 2.05) is 42.3 Å². The Hall–Kier alpha value is -2.13. The lowest BCUT2D eigenvalue weighted by atomic mass is 9.66. The van der Waals surface area contributed by atoms with Gasteiger partial charge < -0.3 is 9.80 Å². The Balaban J connectivity index is 1.48. The Morgan fingerprint density at radius 2 is 1.58 bits per heavy atom. The van der Waals surface area contributed by atoms with Gasteiger partial charge in [0.2, 0.25) is 0 Å². The average Bonchev–Trinajstić information content (AvgIpc) is 2.73. The molecule has 0 unspecified atom stereocenters. The van der Waals surface area contributed by atoms with Gasteiger partial charge in [-0.25, -0.2) is 0 Å². The number of piperidine rings is 3. The Labute approximate surface area is 156 Å². The van der Waals surface area contributed by atoms with Crippen molar-refractivity contribution in [2.24, 2.45) is 0 Å². The van der Waals surface area contributed by atoms with E-state index in [4.69, 9.17) is 0 Å². The number of rotatable bonds is 5. The molecule has 3 aliphatic heterocycles.